The van der Waals surface area contributed by atoms with E-state index in [0.717, 1.165) is 65.4 Å². The zero-order valence-electron chi connectivity index (χ0n) is 18.9. The molecule has 4 aromatic rings. The molecule has 7 nitrogen and oxygen atoms in total. The Balaban J connectivity index is 1.59. The van der Waals surface area contributed by atoms with Gasteiger partial charge < -0.3 is 21.1 Å². The molecule has 0 aliphatic heterocycles. The van der Waals surface area contributed by atoms with Crippen LogP contribution in [0.2, 0.25) is 0 Å². The van der Waals surface area contributed by atoms with Crippen molar-refractivity contribution >= 4 is 22.8 Å². The summed E-state index contributed by atoms with van der Waals surface area (Å²) >= 11 is 0. The molecule has 1 fully saturated rings. The molecule has 0 saturated heterocycles. The van der Waals surface area contributed by atoms with E-state index in [1.165, 1.54) is 0 Å². The van der Waals surface area contributed by atoms with Gasteiger partial charge in [0.1, 0.15) is 5.75 Å². The molecule has 1 saturated carbocycles. The zero-order chi connectivity index (χ0) is 22.6. The monoisotopic (exact) mass is 442 g/mol. The highest BCUT2D eigenvalue weighted by Gasteiger charge is 2.23. The van der Waals surface area contributed by atoms with Gasteiger partial charge in [-0.1, -0.05) is 30.3 Å². The molecule has 0 amide bonds. The van der Waals surface area contributed by atoms with Gasteiger partial charge in [-0.3, -0.25) is 0 Å². The van der Waals surface area contributed by atoms with E-state index in [1.807, 2.05) is 48.0 Å². The van der Waals surface area contributed by atoms with Crippen LogP contribution in [0.3, 0.4) is 0 Å². The first-order valence-electron chi connectivity index (χ1n) is 11.7. The molecule has 0 radical (unpaired) electrons. The predicted molar refractivity (Wildman–Crippen MR) is 133 cm³/mol. The molecule has 0 bridgehead atoms. The number of nitrogens with two attached hydrogens (primary N) is 1. The van der Waals surface area contributed by atoms with Gasteiger partial charge in [0.15, 0.2) is 11.5 Å². The highest BCUT2D eigenvalue weighted by molar-refractivity contribution is 5.95. The summed E-state index contributed by atoms with van der Waals surface area (Å²) in [6.07, 6.45) is 7.81. The van der Waals surface area contributed by atoms with E-state index >= 15 is 0 Å². The van der Waals surface area contributed by atoms with Gasteiger partial charge in [-0.25, -0.2) is 9.50 Å². The summed E-state index contributed by atoms with van der Waals surface area (Å²) in [5.41, 5.74) is 10.9. The molecule has 1 aliphatic rings. The lowest BCUT2D eigenvalue weighted by molar-refractivity contribution is 0.340. The van der Waals surface area contributed by atoms with Crippen molar-refractivity contribution in [3.8, 4) is 16.9 Å². The number of nitrogens with zero attached hydrogens (tertiary/aromatic N) is 3. The minimum absolute atomic E-state index is 0.303. The second-order valence-electron chi connectivity index (χ2n) is 8.50. The molecular formula is C26H30N6O. The SMILES string of the molecule is CCOc1ccc(Nc2c(-c3ccccc3)c(N[C@H]3CC[C@H](N)CC3)nn3ccnc23)cc1. The van der Waals surface area contributed by atoms with Gasteiger partial charge in [0.2, 0.25) is 0 Å². The molecule has 2 aromatic heterocycles. The van der Waals surface area contributed by atoms with E-state index in [2.05, 4.69) is 39.9 Å². The smallest absolute Gasteiger partial charge is 0.178 e. The molecule has 2 heterocycles. The third-order valence-electron chi connectivity index (χ3n) is 6.15. The van der Waals surface area contributed by atoms with Crippen molar-refractivity contribution in [2.24, 2.45) is 5.73 Å². The third kappa shape index (κ3) is 4.64. The van der Waals surface area contributed by atoms with Crippen molar-refractivity contribution in [1.82, 2.24) is 14.6 Å². The summed E-state index contributed by atoms with van der Waals surface area (Å²) < 4.78 is 7.43. The first kappa shape index (κ1) is 21.3. The van der Waals surface area contributed by atoms with Gasteiger partial charge in [0, 0.05) is 30.2 Å². The largest absolute Gasteiger partial charge is 0.494 e. The highest BCUT2D eigenvalue weighted by atomic mass is 16.5. The Labute approximate surface area is 194 Å². The zero-order valence-corrected chi connectivity index (χ0v) is 18.9. The first-order valence-corrected chi connectivity index (χ1v) is 11.7. The Kier molecular flexibility index (Phi) is 6.13. The lowest BCUT2D eigenvalue weighted by Crippen LogP contribution is -2.33. The fraction of sp³-hybridized carbons (Fsp3) is 0.308. The summed E-state index contributed by atoms with van der Waals surface area (Å²) in [6, 6.07) is 19.0. The molecule has 0 unspecified atom stereocenters. The van der Waals surface area contributed by atoms with Gasteiger partial charge in [0.05, 0.1) is 17.9 Å². The van der Waals surface area contributed by atoms with Crippen LogP contribution in [0.1, 0.15) is 32.6 Å². The number of hydrogen-bond donors (Lipinski definition) is 3. The Hall–Kier alpha value is -3.58. The van der Waals surface area contributed by atoms with E-state index in [-0.39, 0.29) is 0 Å². The average molecular weight is 443 g/mol. The number of benzene rings is 2. The van der Waals surface area contributed by atoms with Crippen LogP contribution in [0.5, 0.6) is 5.75 Å². The van der Waals surface area contributed by atoms with Crippen LogP contribution >= 0.6 is 0 Å². The van der Waals surface area contributed by atoms with Crippen LogP contribution < -0.4 is 21.1 Å². The maximum atomic E-state index is 6.14. The molecule has 1 aliphatic carbocycles. The fourth-order valence-electron chi connectivity index (χ4n) is 4.45. The minimum atomic E-state index is 0.303. The minimum Gasteiger partial charge on any atom is -0.494 e. The van der Waals surface area contributed by atoms with Crippen LogP contribution in [0.25, 0.3) is 16.8 Å². The van der Waals surface area contributed by atoms with Crippen molar-refractivity contribution in [3.05, 3.63) is 67.0 Å². The van der Waals surface area contributed by atoms with E-state index in [0.29, 0.717) is 18.7 Å². The first-order chi connectivity index (χ1) is 16.2. The predicted octanol–water partition coefficient (Wildman–Crippen LogP) is 5.22. The van der Waals surface area contributed by atoms with Crippen LogP contribution in [-0.2, 0) is 0 Å². The molecule has 5 rings (SSSR count). The second kappa shape index (κ2) is 9.50. The molecule has 170 valence electrons. The second-order valence-corrected chi connectivity index (χ2v) is 8.50. The van der Waals surface area contributed by atoms with Gasteiger partial charge in [0.25, 0.3) is 0 Å². The van der Waals surface area contributed by atoms with Crippen molar-refractivity contribution in [2.75, 3.05) is 17.2 Å². The molecule has 33 heavy (non-hydrogen) atoms. The number of imidazole rings is 1. The Morgan fingerprint density at radius 2 is 1.79 bits per heavy atom. The Bertz CT molecular complexity index is 1200. The van der Waals surface area contributed by atoms with Crippen molar-refractivity contribution in [1.29, 1.82) is 0 Å². The number of fused-ring (bicyclic) bond motifs is 1. The normalized spacial score (nSPS) is 18.2. The van der Waals surface area contributed by atoms with Gasteiger partial charge in [-0.15, -0.1) is 5.10 Å². The van der Waals surface area contributed by atoms with E-state index in [1.54, 1.807) is 6.20 Å². The number of anilines is 3. The molecule has 0 spiro atoms. The summed E-state index contributed by atoms with van der Waals surface area (Å²) in [7, 11) is 0. The van der Waals surface area contributed by atoms with Crippen molar-refractivity contribution in [2.45, 2.75) is 44.7 Å². The Morgan fingerprint density at radius 1 is 1.03 bits per heavy atom. The summed E-state index contributed by atoms with van der Waals surface area (Å²) in [4.78, 5) is 4.61. The lowest BCUT2D eigenvalue weighted by Gasteiger charge is -2.28. The average Bonchev–Trinajstić information content (AvgIpc) is 3.31. The van der Waals surface area contributed by atoms with Gasteiger partial charge in [-0.05, 0) is 62.4 Å². The molecule has 7 heteroatoms. The summed E-state index contributed by atoms with van der Waals surface area (Å²) in [5.74, 6) is 1.70. The Morgan fingerprint density at radius 3 is 2.52 bits per heavy atom. The lowest BCUT2D eigenvalue weighted by atomic mass is 9.91. The number of aromatic nitrogens is 3. The van der Waals surface area contributed by atoms with E-state index in [9.17, 15) is 0 Å². The maximum absolute atomic E-state index is 6.14. The van der Waals surface area contributed by atoms with E-state index < -0.39 is 0 Å². The fourth-order valence-corrected chi connectivity index (χ4v) is 4.45. The number of hydrogen-bond acceptors (Lipinski definition) is 6. The topological polar surface area (TPSA) is 89.5 Å². The standard InChI is InChI=1S/C26H30N6O/c1-2-33-22-14-12-20(13-15-22)29-24-23(18-6-4-3-5-7-18)25(31-32-17-16-28-26(24)32)30-21-10-8-19(27)9-11-21/h3-7,12-17,19,21,29H,2,8-11,27H2,1H3,(H,30,31)/t19-,21-. The van der Waals surface area contributed by atoms with Crippen LogP contribution in [0.4, 0.5) is 17.2 Å². The molecule has 2 aromatic carbocycles. The maximum Gasteiger partial charge on any atom is 0.178 e. The summed E-state index contributed by atoms with van der Waals surface area (Å²) in [6.45, 7) is 2.63. The van der Waals surface area contributed by atoms with Crippen LogP contribution in [-0.4, -0.2) is 33.3 Å². The van der Waals surface area contributed by atoms with Crippen LogP contribution in [0.15, 0.2) is 67.0 Å². The number of rotatable bonds is 7. The van der Waals surface area contributed by atoms with Crippen LogP contribution in [0, 0.1) is 0 Å². The molecular weight excluding hydrogens is 412 g/mol. The summed E-state index contributed by atoms with van der Waals surface area (Å²) in [5, 5.41) is 12.3. The van der Waals surface area contributed by atoms with Gasteiger partial charge >= 0.3 is 0 Å². The quantitative estimate of drug-likeness (QED) is 0.364. The third-order valence-corrected chi connectivity index (χ3v) is 6.15. The van der Waals surface area contributed by atoms with Gasteiger partial charge in [-0.2, -0.15) is 0 Å². The number of nitrogens with one attached hydrogen (secondary N) is 2. The number of ether oxygens (including phenoxy) is 1. The molecule has 0 atom stereocenters. The molecule has 4 N–H and O–H groups in total. The van der Waals surface area contributed by atoms with Crippen molar-refractivity contribution < 1.29 is 4.74 Å². The van der Waals surface area contributed by atoms with E-state index in [4.69, 9.17) is 15.6 Å². The van der Waals surface area contributed by atoms with Crippen molar-refractivity contribution in [3.63, 3.8) is 0 Å². The highest BCUT2D eigenvalue weighted by Crippen LogP contribution is 2.39.